The second kappa shape index (κ2) is 9.85. The van der Waals surface area contributed by atoms with Gasteiger partial charge in [0.1, 0.15) is 22.8 Å². The average Bonchev–Trinajstić information content (AvgIpc) is 3.65. The van der Waals surface area contributed by atoms with Crippen LogP contribution in [0.5, 0.6) is 5.75 Å². The summed E-state index contributed by atoms with van der Waals surface area (Å²) in [7, 11) is 0. The van der Waals surface area contributed by atoms with Crippen molar-refractivity contribution in [3.8, 4) is 28.5 Å². The highest BCUT2D eigenvalue weighted by atomic mass is 16.5. The van der Waals surface area contributed by atoms with Crippen LogP contribution in [0.4, 0.5) is 5.69 Å². The largest absolute Gasteiger partial charge is 0.469 e. The van der Waals surface area contributed by atoms with Crippen molar-refractivity contribution >= 4 is 23.0 Å². The van der Waals surface area contributed by atoms with Gasteiger partial charge in [0.05, 0.1) is 6.20 Å². The fourth-order valence-electron chi connectivity index (χ4n) is 9.03. The van der Waals surface area contributed by atoms with Crippen molar-refractivity contribution in [3.63, 3.8) is 0 Å². The van der Waals surface area contributed by atoms with Crippen molar-refractivity contribution in [3.05, 3.63) is 112 Å². The summed E-state index contributed by atoms with van der Waals surface area (Å²) in [4.78, 5) is 37.4. The molecule has 11 rings (SSSR count). The van der Waals surface area contributed by atoms with Gasteiger partial charge in [-0.2, -0.15) is 0 Å². The zero-order chi connectivity index (χ0) is 34.4. The molecule has 6 aliphatic rings. The first-order valence-corrected chi connectivity index (χ1v) is 17.8. The molecule has 1 amide bonds. The van der Waals surface area contributed by atoms with Gasteiger partial charge < -0.3 is 29.3 Å². The van der Waals surface area contributed by atoms with Crippen LogP contribution in [-0.4, -0.2) is 38.6 Å². The Hall–Kier alpha value is -5.48. The van der Waals surface area contributed by atoms with Crippen molar-refractivity contribution in [1.29, 1.82) is 0 Å². The molecule has 254 valence electrons. The summed E-state index contributed by atoms with van der Waals surface area (Å²) in [6.07, 6.45) is 5.22. The monoisotopic (exact) mass is 678 g/mol. The maximum Gasteiger partial charge on any atom is 0.249 e. The zero-order valence-electron chi connectivity index (χ0n) is 28.1. The van der Waals surface area contributed by atoms with E-state index in [0.717, 1.165) is 51.1 Å². The molecule has 4 atom stereocenters. The third-order valence-corrected chi connectivity index (χ3v) is 11.8. The number of amides is 1. The van der Waals surface area contributed by atoms with Gasteiger partial charge in [-0.1, -0.05) is 68.5 Å². The summed E-state index contributed by atoms with van der Waals surface area (Å²) in [6.45, 7) is 4.00. The predicted molar refractivity (Wildman–Crippen MR) is 186 cm³/mol. The highest BCUT2D eigenvalue weighted by Crippen LogP contribution is 2.61. The Labute approximate surface area is 292 Å². The first-order valence-electron chi connectivity index (χ1n) is 17.8. The topological polar surface area (TPSA) is 140 Å². The van der Waals surface area contributed by atoms with Crippen LogP contribution in [-0.2, 0) is 27.8 Å². The number of fused-ring (bicyclic) bond motifs is 7. The maximum atomic E-state index is 14.2. The number of allylic oxidation sites excluding steroid dienone is 1. The summed E-state index contributed by atoms with van der Waals surface area (Å²) >= 11 is 0. The smallest absolute Gasteiger partial charge is 0.249 e. The molecule has 1 saturated carbocycles. The highest BCUT2D eigenvalue weighted by Gasteiger charge is 2.62. The molecule has 2 aromatic heterocycles. The first kappa shape index (κ1) is 29.3. The van der Waals surface area contributed by atoms with Gasteiger partial charge in [-0.25, -0.2) is 9.97 Å². The number of carbonyl (C=O) groups excluding carboxylic acids is 2. The van der Waals surface area contributed by atoms with Crippen molar-refractivity contribution in [1.82, 2.24) is 15.3 Å². The molecular formula is C41H34N4O6. The van der Waals surface area contributed by atoms with E-state index in [1.165, 1.54) is 5.56 Å². The van der Waals surface area contributed by atoms with Gasteiger partial charge in [-0.15, -0.1) is 0 Å². The summed E-state index contributed by atoms with van der Waals surface area (Å²) in [5.41, 5.74) is 7.21. The van der Waals surface area contributed by atoms with Crippen LogP contribution < -0.4 is 15.4 Å². The Kier molecular flexibility index (Phi) is 5.65. The second-order valence-corrected chi connectivity index (χ2v) is 15.2. The fourth-order valence-corrected chi connectivity index (χ4v) is 9.03. The molecule has 10 nitrogen and oxygen atoms in total. The van der Waals surface area contributed by atoms with Gasteiger partial charge in [0.25, 0.3) is 0 Å². The van der Waals surface area contributed by atoms with E-state index < -0.39 is 29.2 Å². The van der Waals surface area contributed by atoms with Gasteiger partial charge in [0.15, 0.2) is 29.2 Å². The average molecular weight is 679 g/mol. The van der Waals surface area contributed by atoms with Crippen LogP contribution in [0.1, 0.15) is 84.4 Å². The van der Waals surface area contributed by atoms with E-state index in [-0.39, 0.29) is 24.0 Å². The van der Waals surface area contributed by atoms with Gasteiger partial charge in [0, 0.05) is 40.3 Å². The molecule has 6 heterocycles. The van der Waals surface area contributed by atoms with Crippen LogP contribution in [0.25, 0.3) is 28.3 Å². The standard InChI is InChI=1S/C41H34N4O6/c1-19(2)32-38-44-34-35(51-38)41-26-8-4-7-24(23-6-3-5-21-10-11-25(31(21)23)29-18-42-37(34)49-29)33(26)45-39(41)50-28-12-9-20(16-27(28)41)15-22(36(47)43-32)17-30(46)40(48)13-14-40/h3-9,11-12,16,18-19,22,32,39,45,48H,10,13-15,17H2,1-2H3,(H,43,47)/t22?,32-,39-,41?/m0/s1. The van der Waals surface area contributed by atoms with Crippen molar-refractivity contribution < 1.29 is 28.3 Å². The van der Waals surface area contributed by atoms with Crippen molar-refractivity contribution in [2.75, 3.05) is 5.32 Å². The van der Waals surface area contributed by atoms with E-state index in [4.69, 9.17) is 23.5 Å². The van der Waals surface area contributed by atoms with Crippen molar-refractivity contribution in [2.24, 2.45) is 11.8 Å². The number of rotatable bonds is 4. The van der Waals surface area contributed by atoms with Crippen LogP contribution in [0, 0.1) is 11.8 Å². The Balaban J connectivity index is 1.21. The fraction of sp³-hybridized carbons (Fsp3) is 0.317. The molecule has 1 fully saturated rings. The Bertz CT molecular complexity index is 2420. The van der Waals surface area contributed by atoms with Crippen LogP contribution in [0.3, 0.4) is 0 Å². The minimum absolute atomic E-state index is 0.0688. The Morgan fingerprint density at radius 3 is 2.73 bits per heavy atom. The number of aliphatic hydroxyl groups is 1. The van der Waals surface area contributed by atoms with E-state index in [9.17, 15) is 14.7 Å². The molecule has 4 aliphatic heterocycles. The molecule has 0 radical (unpaired) electrons. The Morgan fingerprint density at radius 1 is 1.04 bits per heavy atom. The molecule has 2 unspecified atom stereocenters. The zero-order valence-corrected chi connectivity index (χ0v) is 28.1. The minimum atomic E-state index is -1.33. The SMILES string of the molecule is CC(C)[C@@H]1NC(=O)C(CC(=O)C2(O)CC2)Cc2ccc3c(c2)C24c5cccc(c5N[C@H]2O3)-c2cccc3c2C(=CC3)c2cnc(o2)-c2nc1oc24. The summed E-state index contributed by atoms with van der Waals surface area (Å²) in [6, 6.07) is 18.1. The van der Waals surface area contributed by atoms with Gasteiger partial charge in [-0.05, 0) is 59.9 Å². The quantitative estimate of drug-likeness (QED) is 0.201. The maximum absolute atomic E-state index is 14.2. The number of nitrogens with one attached hydrogen (secondary N) is 2. The third kappa shape index (κ3) is 3.85. The van der Waals surface area contributed by atoms with E-state index in [1.54, 1.807) is 6.20 Å². The van der Waals surface area contributed by atoms with E-state index >= 15 is 0 Å². The Morgan fingerprint density at radius 2 is 1.88 bits per heavy atom. The van der Waals surface area contributed by atoms with Crippen molar-refractivity contribution in [2.45, 2.75) is 69.2 Å². The molecule has 51 heavy (non-hydrogen) atoms. The number of para-hydroxylation sites is 1. The molecule has 3 N–H and O–H groups in total. The van der Waals surface area contributed by atoms with Gasteiger partial charge in [0.2, 0.25) is 17.7 Å². The second-order valence-electron chi connectivity index (χ2n) is 15.2. The molecule has 10 heteroatoms. The van der Waals surface area contributed by atoms with E-state index in [0.29, 0.717) is 54.0 Å². The number of hydrogen-bond acceptors (Lipinski definition) is 9. The van der Waals surface area contributed by atoms with Crippen LogP contribution in [0.15, 0.2) is 75.7 Å². The summed E-state index contributed by atoms with van der Waals surface area (Å²) in [5.74, 6) is 1.06. The lowest BCUT2D eigenvalue weighted by Crippen LogP contribution is -2.41. The van der Waals surface area contributed by atoms with Crippen LogP contribution in [0.2, 0.25) is 0 Å². The van der Waals surface area contributed by atoms with Gasteiger partial charge in [-0.3, -0.25) is 9.59 Å². The number of hydrogen-bond donors (Lipinski definition) is 3. The van der Waals surface area contributed by atoms with E-state index in [2.05, 4.69) is 59.2 Å². The molecular weight excluding hydrogens is 644 g/mol. The number of carbonyl (C=O) groups is 2. The number of anilines is 1. The normalized spacial score (nSPS) is 25.1. The molecule has 0 saturated heterocycles. The lowest BCUT2D eigenvalue weighted by molar-refractivity contribution is -0.135. The lowest BCUT2D eigenvalue weighted by Gasteiger charge is -2.28. The number of Topliss-reactive ketones (excluding diaryl/α,β-unsaturated/α-hetero) is 1. The first-order chi connectivity index (χ1) is 24.7. The summed E-state index contributed by atoms with van der Waals surface area (Å²) < 4.78 is 20.5. The minimum Gasteiger partial charge on any atom is -0.469 e. The number of benzene rings is 3. The molecule has 2 aliphatic carbocycles. The number of nitrogens with zero attached hydrogens (tertiary/aromatic N) is 2. The summed E-state index contributed by atoms with van der Waals surface area (Å²) in [5, 5.41) is 17.7. The molecule has 5 aromatic rings. The number of ether oxygens (including phenoxy) is 1. The third-order valence-electron chi connectivity index (χ3n) is 11.8. The molecule has 1 spiro atoms. The number of aromatic nitrogens is 2. The lowest BCUT2D eigenvalue weighted by atomic mass is 9.71. The molecule has 3 aromatic carbocycles. The molecule has 10 bridgehead atoms. The van der Waals surface area contributed by atoms with Gasteiger partial charge >= 0.3 is 0 Å². The highest BCUT2D eigenvalue weighted by molar-refractivity contribution is 5.97. The van der Waals surface area contributed by atoms with E-state index in [1.807, 2.05) is 26.0 Å². The number of oxazole rings is 2. The van der Waals surface area contributed by atoms with Crippen LogP contribution >= 0.6 is 0 Å². The predicted octanol–water partition coefficient (Wildman–Crippen LogP) is 6.25. The number of ketones is 1.